The predicted molar refractivity (Wildman–Crippen MR) is 46.4 cm³/mol. The Kier molecular flexibility index (Phi) is 4.42. The SMILES string of the molecule is C#CCC(C[CH2])(CO)CC#C. The average molecular weight is 149 g/mol. The Balaban J connectivity index is 4.25. The zero-order valence-corrected chi connectivity index (χ0v) is 6.64. The van der Waals surface area contributed by atoms with Crippen molar-refractivity contribution >= 4 is 0 Å². The van der Waals surface area contributed by atoms with Crippen LogP contribution in [0.1, 0.15) is 19.3 Å². The van der Waals surface area contributed by atoms with Crippen LogP contribution in [-0.2, 0) is 0 Å². The summed E-state index contributed by atoms with van der Waals surface area (Å²) in [7, 11) is 0. The molecule has 0 aliphatic rings. The average Bonchev–Trinajstić information content (AvgIpc) is 2.04. The molecule has 0 spiro atoms. The van der Waals surface area contributed by atoms with Crippen LogP contribution >= 0.6 is 0 Å². The molecule has 0 heterocycles. The molecule has 0 bridgehead atoms. The van der Waals surface area contributed by atoms with E-state index in [1.54, 1.807) is 0 Å². The van der Waals surface area contributed by atoms with Crippen molar-refractivity contribution in [3.8, 4) is 24.7 Å². The van der Waals surface area contributed by atoms with Gasteiger partial charge in [0.05, 0.1) is 6.61 Å². The molecule has 59 valence electrons. The van der Waals surface area contributed by atoms with Gasteiger partial charge in [-0.2, -0.15) is 0 Å². The number of rotatable bonds is 4. The van der Waals surface area contributed by atoms with E-state index in [0.717, 1.165) is 0 Å². The van der Waals surface area contributed by atoms with Gasteiger partial charge in [-0.3, -0.25) is 0 Å². The van der Waals surface area contributed by atoms with E-state index >= 15 is 0 Å². The molecule has 1 radical (unpaired) electrons. The highest BCUT2D eigenvalue weighted by Gasteiger charge is 2.24. The van der Waals surface area contributed by atoms with Crippen LogP contribution in [0.4, 0.5) is 0 Å². The van der Waals surface area contributed by atoms with E-state index in [-0.39, 0.29) is 12.0 Å². The standard InChI is InChI=1S/C10H13O/c1-4-7-10(6-3,9-11)8-5-2/h1-2,11H,3,6-9H2. The molecule has 0 fully saturated rings. The second-order valence-electron chi connectivity index (χ2n) is 2.67. The summed E-state index contributed by atoms with van der Waals surface area (Å²) in [5, 5.41) is 9.01. The molecule has 0 rings (SSSR count). The molecule has 11 heavy (non-hydrogen) atoms. The minimum atomic E-state index is -0.344. The lowest BCUT2D eigenvalue weighted by molar-refractivity contribution is 0.135. The number of aliphatic hydroxyl groups is 1. The van der Waals surface area contributed by atoms with Gasteiger partial charge in [0, 0.05) is 18.3 Å². The first-order valence-electron chi connectivity index (χ1n) is 3.51. The number of aliphatic hydroxyl groups excluding tert-OH is 1. The van der Waals surface area contributed by atoms with E-state index in [0.29, 0.717) is 19.3 Å². The summed E-state index contributed by atoms with van der Waals surface area (Å²) in [5.41, 5.74) is -0.344. The lowest BCUT2D eigenvalue weighted by atomic mass is 9.80. The zero-order valence-electron chi connectivity index (χ0n) is 6.64. The summed E-state index contributed by atoms with van der Waals surface area (Å²) < 4.78 is 0. The molecule has 1 N–H and O–H groups in total. The lowest BCUT2D eigenvalue weighted by Gasteiger charge is -2.25. The summed E-state index contributed by atoms with van der Waals surface area (Å²) in [5.74, 6) is 5.00. The fraction of sp³-hybridized carbons (Fsp3) is 0.500. The third kappa shape index (κ3) is 2.66. The zero-order chi connectivity index (χ0) is 8.74. The molecule has 0 amide bonds. The Bertz CT molecular complexity index is 158. The van der Waals surface area contributed by atoms with Gasteiger partial charge >= 0.3 is 0 Å². The molecule has 0 atom stereocenters. The number of hydrogen-bond acceptors (Lipinski definition) is 1. The maximum atomic E-state index is 9.01. The number of hydrogen-bond donors (Lipinski definition) is 1. The van der Waals surface area contributed by atoms with Crippen LogP contribution in [0.15, 0.2) is 0 Å². The van der Waals surface area contributed by atoms with Gasteiger partial charge in [0.2, 0.25) is 0 Å². The van der Waals surface area contributed by atoms with Crippen molar-refractivity contribution in [2.24, 2.45) is 5.41 Å². The van der Waals surface area contributed by atoms with Gasteiger partial charge in [-0.25, -0.2) is 0 Å². The van der Waals surface area contributed by atoms with Crippen molar-refractivity contribution in [1.29, 1.82) is 0 Å². The molecule has 0 aliphatic heterocycles. The van der Waals surface area contributed by atoms with E-state index < -0.39 is 0 Å². The van der Waals surface area contributed by atoms with Crippen molar-refractivity contribution in [1.82, 2.24) is 0 Å². The topological polar surface area (TPSA) is 20.2 Å². The molecule has 0 aliphatic carbocycles. The van der Waals surface area contributed by atoms with Gasteiger partial charge in [0.15, 0.2) is 0 Å². The monoisotopic (exact) mass is 149 g/mol. The van der Waals surface area contributed by atoms with Crippen molar-refractivity contribution in [3.05, 3.63) is 6.92 Å². The molecule has 0 aromatic rings. The maximum absolute atomic E-state index is 9.01. The van der Waals surface area contributed by atoms with Crippen molar-refractivity contribution < 1.29 is 5.11 Å². The van der Waals surface area contributed by atoms with Gasteiger partial charge in [-0.05, 0) is 6.42 Å². The van der Waals surface area contributed by atoms with Gasteiger partial charge in [-0.15, -0.1) is 24.7 Å². The third-order valence-corrected chi connectivity index (χ3v) is 1.82. The van der Waals surface area contributed by atoms with E-state index in [1.807, 2.05) is 0 Å². The molecular weight excluding hydrogens is 136 g/mol. The van der Waals surface area contributed by atoms with Crippen molar-refractivity contribution in [3.63, 3.8) is 0 Å². The molecular formula is C10H13O. The van der Waals surface area contributed by atoms with Crippen molar-refractivity contribution in [2.75, 3.05) is 6.61 Å². The van der Waals surface area contributed by atoms with E-state index in [9.17, 15) is 0 Å². The first-order valence-corrected chi connectivity index (χ1v) is 3.51. The van der Waals surface area contributed by atoms with Gasteiger partial charge < -0.3 is 5.11 Å². The number of terminal acetylenes is 2. The Hall–Kier alpha value is -0.920. The normalized spacial score (nSPS) is 10.2. The van der Waals surface area contributed by atoms with Crippen molar-refractivity contribution in [2.45, 2.75) is 19.3 Å². The summed E-state index contributed by atoms with van der Waals surface area (Å²) in [6.45, 7) is 3.73. The van der Waals surface area contributed by atoms with E-state index in [1.165, 1.54) is 0 Å². The smallest absolute Gasteiger partial charge is 0.0505 e. The van der Waals surface area contributed by atoms with E-state index in [2.05, 4.69) is 18.8 Å². The van der Waals surface area contributed by atoms with Crippen LogP contribution in [-0.4, -0.2) is 11.7 Å². The predicted octanol–water partition coefficient (Wildman–Crippen LogP) is 1.24. The summed E-state index contributed by atoms with van der Waals surface area (Å²) >= 11 is 0. The second-order valence-corrected chi connectivity index (χ2v) is 2.67. The molecule has 0 saturated carbocycles. The first-order chi connectivity index (χ1) is 5.24. The Morgan fingerprint density at radius 1 is 1.27 bits per heavy atom. The van der Waals surface area contributed by atoms with Crippen LogP contribution in [0, 0.1) is 37.0 Å². The lowest BCUT2D eigenvalue weighted by Crippen LogP contribution is -2.23. The summed E-state index contributed by atoms with van der Waals surface area (Å²) in [4.78, 5) is 0. The fourth-order valence-electron chi connectivity index (χ4n) is 0.863. The minimum absolute atomic E-state index is 0.0187. The largest absolute Gasteiger partial charge is 0.396 e. The molecule has 0 aromatic heterocycles. The van der Waals surface area contributed by atoms with Crippen LogP contribution in [0.2, 0.25) is 0 Å². The van der Waals surface area contributed by atoms with Crippen LogP contribution in [0.25, 0.3) is 0 Å². The van der Waals surface area contributed by atoms with Crippen LogP contribution in [0.3, 0.4) is 0 Å². The first kappa shape index (κ1) is 10.1. The highest BCUT2D eigenvalue weighted by atomic mass is 16.3. The Labute approximate surface area is 68.8 Å². The quantitative estimate of drug-likeness (QED) is 0.596. The van der Waals surface area contributed by atoms with E-state index in [4.69, 9.17) is 18.0 Å². The molecule has 0 saturated heterocycles. The fourth-order valence-corrected chi connectivity index (χ4v) is 0.863. The van der Waals surface area contributed by atoms with Gasteiger partial charge in [0.1, 0.15) is 0 Å². The highest BCUT2D eigenvalue weighted by molar-refractivity contribution is 5.01. The molecule has 1 heteroatoms. The second kappa shape index (κ2) is 4.83. The molecule has 0 unspecified atom stereocenters. The van der Waals surface area contributed by atoms with Crippen LogP contribution in [0.5, 0.6) is 0 Å². The highest BCUT2D eigenvalue weighted by Crippen LogP contribution is 2.28. The third-order valence-electron chi connectivity index (χ3n) is 1.82. The minimum Gasteiger partial charge on any atom is -0.396 e. The van der Waals surface area contributed by atoms with Gasteiger partial charge in [-0.1, -0.05) is 6.92 Å². The molecule has 1 nitrogen and oxygen atoms in total. The summed E-state index contributed by atoms with van der Waals surface area (Å²) in [6, 6.07) is 0. The maximum Gasteiger partial charge on any atom is 0.0505 e. The Morgan fingerprint density at radius 2 is 1.73 bits per heavy atom. The molecule has 0 aromatic carbocycles. The summed E-state index contributed by atoms with van der Waals surface area (Å²) in [6.07, 6.45) is 11.9. The van der Waals surface area contributed by atoms with Gasteiger partial charge in [0.25, 0.3) is 0 Å². The van der Waals surface area contributed by atoms with Crippen LogP contribution < -0.4 is 0 Å². The Morgan fingerprint density at radius 3 is 1.91 bits per heavy atom.